The number of hydrogen-bond acceptors (Lipinski definition) is 2. The van der Waals surface area contributed by atoms with Gasteiger partial charge in [0.05, 0.1) is 0 Å². The summed E-state index contributed by atoms with van der Waals surface area (Å²) in [5.41, 5.74) is 2.65. The van der Waals surface area contributed by atoms with Crippen molar-refractivity contribution in [1.29, 1.82) is 0 Å². The third-order valence-corrected chi connectivity index (χ3v) is 2.97. The molecule has 0 aliphatic rings. The van der Waals surface area contributed by atoms with E-state index >= 15 is 0 Å². The molecule has 0 spiro atoms. The Hall–Kier alpha value is -1.51. The zero-order valence-corrected chi connectivity index (χ0v) is 12.7. The fourth-order valence-electron chi connectivity index (χ4n) is 1.95. The molecule has 0 aliphatic heterocycles. The molecule has 0 saturated heterocycles. The van der Waals surface area contributed by atoms with Crippen LogP contribution in [0.25, 0.3) is 0 Å². The molecule has 0 aromatic heterocycles. The van der Waals surface area contributed by atoms with E-state index in [1.54, 1.807) is 0 Å². The van der Waals surface area contributed by atoms with Gasteiger partial charge in [-0.05, 0) is 36.2 Å². The molecule has 0 aliphatic carbocycles. The second-order valence-electron chi connectivity index (χ2n) is 4.51. The fourth-order valence-corrected chi connectivity index (χ4v) is 1.95. The molecule has 2 aromatic rings. The molecule has 0 bridgehead atoms. The molecule has 2 rings (SSSR count). The van der Waals surface area contributed by atoms with Gasteiger partial charge in [-0.2, -0.15) is 0 Å². The molecule has 0 amide bonds. The Morgan fingerprint density at radius 2 is 1.55 bits per heavy atom. The van der Waals surface area contributed by atoms with Crippen molar-refractivity contribution >= 4 is 12.4 Å². The number of benzene rings is 2. The van der Waals surface area contributed by atoms with Crippen molar-refractivity contribution in [3.8, 4) is 5.75 Å². The van der Waals surface area contributed by atoms with Gasteiger partial charge in [-0.15, -0.1) is 12.4 Å². The highest BCUT2D eigenvalue weighted by molar-refractivity contribution is 5.85. The third kappa shape index (κ3) is 5.64. The van der Waals surface area contributed by atoms with E-state index in [4.69, 9.17) is 4.74 Å². The number of likely N-dealkylation sites (N-methyl/N-ethyl adjacent to an activating group) is 1. The number of nitrogens with one attached hydrogen (secondary N) is 1. The van der Waals surface area contributed by atoms with Gasteiger partial charge in [-0.1, -0.05) is 49.4 Å². The molecular formula is C17H22ClNO. The Balaban J connectivity index is 0.00000200. The number of rotatable bonds is 7. The Morgan fingerprint density at radius 3 is 2.20 bits per heavy atom. The minimum atomic E-state index is 0. The average Bonchev–Trinajstić information content (AvgIpc) is 2.46. The molecule has 2 nitrogen and oxygen atoms in total. The maximum Gasteiger partial charge on any atom is 0.119 e. The maximum atomic E-state index is 5.65. The van der Waals surface area contributed by atoms with Gasteiger partial charge in [-0.3, -0.25) is 0 Å². The van der Waals surface area contributed by atoms with Crippen molar-refractivity contribution in [2.24, 2.45) is 0 Å². The molecule has 0 heterocycles. The summed E-state index contributed by atoms with van der Waals surface area (Å²) in [4.78, 5) is 0. The second-order valence-corrected chi connectivity index (χ2v) is 4.51. The monoisotopic (exact) mass is 291 g/mol. The van der Waals surface area contributed by atoms with E-state index in [9.17, 15) is 0 Å². The lowest BCUT2D eigenvalue weighted by molar-refractivity contribution is 0.315. The normalized spacial score (nSPS) is 9.85. The van der Waals surface area contributed by atoms with Crippen LogP contribution in [0.3, 0.4) is 0 Å². The van der Waals surface area contributed by atoms with E-state index in [-0.39, 0.29) is 12.4 Å². The van der Waals surface area contributed by atoms with Gasteiger partial charge >= 0.3 is 0 Å². The molecule has 20 heavy (non-hydrogen) atoms. The minimum Gasteiger partial charge on any atom is -0.492 e. The summed E-state index contributed by atoms with van der Waals surface area (Å²) >= 11 is 0. The van der Waals surface area contributed by atoms with Crippen LogP contribution in [0.4, 0.5) is 0 Å². The summed E-state index contributed by atoms with van der Waals surface area (Å²) in [6.45, 7) is 4.69. The van der Waals surface area contributed by atoms with Crippen molar-refractivity contribution in [2.45, 2.75) is 13.3 Å². The quantitative estimate of drug-likeness (QED) is 0.786. The van der Waals surface area contributed by atoms with Gasteiger partial charge in [0.2, 0.25) is 0 Å². The van der Waals surface area contributed by atoms with Crippen molar-refractivity contribution in [3.05, 3.63) is 65.7 Å². The smallest absolute Gasteiger partial charge is 0.119 e. The first kappa shape index (κ1) is 16.5. The Bertz CT molecular complexity index is 470. The molecule has 108 valence electrons. The maximum absolute atomic E-state index is 5.65. The van der Waals surface area contributed by atoms with Crippen molar-refractivity contribution in [3.63, 3.8) is 0 Å². The van der Waals surface area contributed by atoms with Gasteiger partial charge < -0.3 is 10.1 Å². The van der Waals surface area contributed by atoms with Crippen LogP contribution in [-0.4, -0.2) is 19.7 Å². The van der Waals surface area contributed by atoms with E-state index in [1.165, 1.54) is 11.1 Å². The molecule has 0 unspecified atom stereocenters. The van der Waals surface area contributed by atoms with E-state index in [2.05, 4.69) is 48.6 Å². The zero-order valence-electron chi connectivity index (χ0n) is 11.8. The first-order chi connectivity index (χ1) is 9.38. The lowest BCUT2D eigenvalue weighted by atomic mass is 10.1. The summed E-state index contributed by atoms with van der Waals surface area (Å²) in [6.07, 6.45) is 0.971. The van der Waals surface area contributed by atoms with Crippen LogP contribution in [0.1, 0.15) is 18.1 Å². The van der Waals surface area contributed by atoms with Crippen molar-refractivity contribution in [1.82, 2.24) is 5.32 Å². The standard InChI is InChI=1S/C17H21NO.ClH/c1-2-18-12-13-19-17-10-8-16(9-11-17)14-15-6-4-3-5-7-15;/h3-11,18H,2,12-14H2,1H3;1H. The van der Waals surface area contributed by atoms with E-state index in [0.29, 0.717) is 6.61 Å². The van der Waals surface area contributed by atoms with Crippen LogP contribution in [0, 0.1) is 0 Å². The van der Waals surface area contributed by atoms with Crippen LogP contribution in [-0.2, 0) is 6.42 Å². The highest BCUT2D eigenvalue weighted by Crippen LogP contribution is 2.15. The molecule has 0 atom stereocenters. The fraction of sp³-hybridized carbons (Fsp3) is 0.294. The van der Waals surface area contributed by atoms with Crippen LogP contribution in [0.15, 0.2) is 54.6 Å². The Labute approximate surface area is 127 Å². The zero-order chi connectivity index (χ0) is 13.3. The molecule has 3 heteroatoms. The van der Waals surface area contributed by atoms with Gasteiger partial charge in [0.15, 0.2) is 0 Å². The summed E-state index contributed by atoms with van der Waals surface area (Å²) < 4.78 is 5.65. The molecule has 2 aromatic carbocycles. The lowest BCUT2D eigenvalue weighted by Gasteiger charge is -2.07. The van der Waals surface area contributed by atoms with Crippen LogP contribution >= 0.6 is 12.4 Å². The summed E-state index contributed by atoms with van der Waals surface area (Å²) in [5.74, 6) is 0.940. The van der Waals surface area contributed by atoms with E-state index in [1.807, 2.05) is 18.2 Å². The van der Waals surface area contributed by atoms with Gasteiger partial charge in [0, 0.05) is 6.54 Å². The highest BCUT2D eigenvalue weighted by Gasteiger charge is 1.97. The predicted octanol–water partition coefficient (Wildman–Crippen LogP) is 3.69. The molecule has 0 radical (unpaired) electrons. The van der Waals surface area contributed by atoms with Gasteiger partial charge in [-0.25, -0.2) is 0 Å². The molecule has 1 N–H and O–H groups in total. The number of hydrogen-bond donors (Lipinski definition) is 1. The van der Waals surface area contributed by atoms with Crippen LogP contribution < -0.4 is 10.1 Å². The van der Waals surface area contributed by atoms with Crippen molar-refractivity contribution in [2.75, 3.05) is 19.7 Å². The van der Waals surface area contributed by atoms with Gasteiger partial charge in [0.25, 0.3) is 0 Å². The SMILES string of the molecule is CCNCCOc1ccc(Cc2ccccc2)cc1.Cl. The number of halogens is 1. The Morgan fingerprint density at radius 1 is 0.900 bits per heavy atom. The van der Waals surface area contributed by atoms with Crippen LogP contribution in [0.2, 0.25) is 0 Å². The van der Waals surface area contributed by atoms with Gasteiger partial charge in [0.1, 0.15) is 12.4 Å². The Kier molecular flexibility index (Phi) is 7.78. The minimum absolute atomic E-state index is 0. The summed E-state index contributed by atoms with van der Waals surface area (Å²) in [6, 6.07) is 18.9. The topological polar surface area (TPSA) is 21.3 Å². The first-order valence-corrected chi connectivity index (χ1v) is 6.85. The third-order valence-electron chi connectivity index (χ3n) is 2.97. The van der Waals surface area contributed by atoms with Crippen LogP contribution in [0.5, 0.6) is 5.75 Å². The van der Waals surface area contributed by atoms with Crippen molar-refractivity contribution < 1.29 is 4.74 Å². The molecule has 0 saturated carbocycles. The summed E-state index contributed by atoms with van der Waals surface area (Å²) in [7, 11) is 0. The predicted molar refractivity (Wildman–Crippen MR) is 87.0 cm³/mol. The van der Waals surface area contributed by atoms with E-state index in [0.717, 1.165) is 25.3 Å². The van der Waals surface area contributed by atoms with E-state index < -0.39 is 0 Å². The number of ether oxygens (including phenoxy) is 1. The highest BCUT2D eigenvalue weighted by atomic mass is 35.5. The lowest BCUT2D eigenvalue weighted by Crippen LogP contribution is -2.20. The first-order valence-electron chi connectivity index (χ1n) is 6.85. The summed E-state index contributed by atoms with van der Waals surface area (Å²) in [5, 5.41) is 3.24. The molecule has 0 fully saturated rings. The largest absolute Gasteiger partial charge is 0.492 e. The molecular weight excluding hydrogens is 270 g/mol. The second kappa shape index (κ2) is 9.40. The average molecular weight is 292 g/mol.